The summed E-state index contributed by atoms with van der Waals surface area (Å²) in [6.45, 7) is 1.18. The largest absolute Gasteiger partial charge is 0.477 e. The fourth-order valence-electron chi connectivity index (χ4n) is 4.13. The number of nitrogens with one attached hydrogen (secondary N) is 1. The van der Waals surface area contributed by atoms with Crippen molar-refractivity contribution in [2.75, 3.05) is 18.8 Å². The lowest BCUT2D eigenvalue weighted by molar-refractivity contribution is -0.151. The Morgan fingerprint density at radius 2 is 1.81 bits per heavy atom. The Bertz CT molecular complexity index is 944. The van der Waals surface area contributed by atoms with Crippen molar-refractivity contribution < 1.29 is 24.3 Å². The molecule has 0 bridgehead atoms. The van der Waals surface area contributed by atoms with Crippen LogP contribution in [0.25, 0.3) is 0 Å². The van der Waals surface area contributed by atoms with Crippen LogP contribution in [-0.2, 0) is 19.2 Å². The van der Waals surface area contributed by atoms with E-state index in [9.17, 15) is 24.3 Å². The molecule has 2 saturated heterocycles. The van der Waals surface area contributed by atoms with E-state index in [1.54, 1.807) is 29.2 Å². The standard InChI is InChI=1S/C21H24N4O5S/c22-14(12-7-3-1-4-8-12)17(26)23-15-19(28)25-16(21(29)30)13(11-31-20(15)25)18(27)24-9-5-2-6-10-24/h1,3-4,7-8,14-15,20H,2,5-6,9-11,22H2,(H,23,26)(H,29,30)/t14?,15?,20-/m0/s1. The van der Waals surface area contributed by atoms with Gasteiger partial charge in [-0.1, -0.05) is 30.3 Å². The van der Waals surface area contributed by atoms with Gasteiger partial charge < -0.3 is 21.1 Å². The molecule has 2 unspecified atom stereocenters. The number of hydrogen-bond donors (Lipinski definition) is 3. The number of carboxylic acids is 1. The third-order valence-electron chi connectivity index (χ3n) is 5.81. The minimum atomic E-state index is -1.32. The third kappa shape index (κ3) is 3.92. The molecule has 3 aliphatic heterocycles. The van der Waals surface area contributed by atoms with Gasteiger partial charge in [0, 0.05) is 18.8 Å². The summed E-state index contributed by atoms with van der Waals surface area (Å²) in [6.07, 6.45) is 2.81. The second-order valence-electron chi connectivity index (χ2n) is 7.77. The molecule has 3 atom stereocenters. The molecular formula is C21H24N4O5S. The van der Waals surface area contributed by atoms with Gasteiger partial charge in [-0.25, -0.2) is 4.79 Å². The Kier molecular flexibility index (Phi) is 6.01. The number of piperidine rings is 1. The van der Waals surface area contributed by atoms with Crippen LogP contribution in [0.15, 0.2) is 41.6 Å². The topological polar surface area (TPSA) is 133 Å². The van der Waals surface area contributed by atoms with Crippen LogP contribution in [0.5, 0.6) is 0 Å². The van der Waals surface area contributed by atoms with E-state index in [2.05, 4.69) is 5.32 Å². The number of nitrogens with zero attached hydrogens (tertiary/aromatic N) is 2. The average Bonchev–Trinajstić information content (AvgIpc) is 2.81. The van der Waals surface area contributed by atoms with E-state index in [-0.39, 0.29) is 22.9 Å². The zero-order valence-electron chi connectivity index (χ0n) is 16.8. The van der Waals surface area contributed by atoms with E-state index in [1.165, 1.54) is 11.8 Å². The molecular weight excluding hydrogens is 420 g/mol. The number of thioether (sulfide) groups is 1. The van der Waals surface area contributed by atoms with Crippen molar-refractivity contribution in [1.82, 2.24) is 15.1 Å². The van der Waals surface area contributed by atoms with Crippen LogP contribution in [0, 0.1) is 0 Å². The first kappa shape index (κ1) is 21.4. The van der Waals surface area contributed by atoms with E-state index in [4.69, 9.17) is 5.73 Å². The van der Waals surface area contributed by atoms with Crippen molar-refractivity contribution in [2.24, 2.45) is 5.73 Å². The smallest absolute Gasteiger partial charge is 0.353 e. The number of rotatable bonds is 5. The predicted molar refractivity (Wildman–Crippen MR) is 113 cm³/mol. The molecule has 3 amide bonds. The van der Waals surface area contributed by atoms with E-state index in [1.807, 2.05) is 6.07 Å². The number of carboxylic acid groups (broad SMARTS) is 1. The van der Waals surface area contributed by atoms with Crippen LogP contribution in [0.4, 0.5) is 0 Å². The molecule has 164 valence electrons. The summed E-state index contributed by atoms with van der Waals surface area (Å²) >= 11 is 1.28. The molecule has 31 heavy (non-hydrogen) atoms. The van der Waals surface area contributed by atoms with E-state index >= 15 is 0 Å². The Labute approximate surface area is 183 Å². The maximum absolute atomic E-state index is 12.9. The van der Waals surface area contributed by atoms with Gasteiger partial charge in [0.1, 0.15) is 23.2 Å². The number of hydrogen-bond acceptors (Lipinski definition) is 6. The maximum atomic E-state index is 12.9. The fourth-order valence-corrected chi connectivity index (χ4v) is 5.46. The van der Waals surface area contributed by atoms with Gasteiger partial charge in [-0.2, -0.15) is 0 Å². The summed E-state index contributed by atoms with van der Waals surface area (Å²) in [5, 5.41) is 11.8. The normalized spacial score (nSPS) is 24.2. The van der Waals surface area contributed by atoms with Crippen LogP contribution < -0.4 is 11.1 Å². The fraction of sp³-hybridized carbons (Fsp3) is 0.429. The van der Waals surface area contributed by atoms with Crippen molar-refractivity contribution in [2.45, 2.75) is 36.7 Å². The Morgan fingerprint density at radius 3 is 2.45 bits per heavy atom. The summed E-state index contributed by atoms with van der Waals surface area (Å²) in [4.78, 5) is 53.0. The summed E-state index contributed by atoms with van der Waals surface area (Å²) in [6, 6.07) is 6.95. The molecule has 3 heterocycles. The highest BCUT2D eigenvalue weighted by molar-refractivity contribution is 8.00. The number of aliphatic carboxylic acids is 1. The van der Waals surface area contributed by atoms with E-state index in [0.29, 0.717) is 18.7 Å². The molecule has 0 aliphatic carbocycles. The van der Waals surface area contributed by atoms with Crippen LogP contribution in [0.1, 0.15) is 30.9 Å². The molecule has 1 aromatic rings. The van der Waals surface area contributed by atoms with Gasteiger partial charge in [-0.15, -0.1) is 11.8 Å². The Morgan fingerprint density at radius 1 is 1.13 bits per heavy atom. The Hall–Kier alpha value is -2.85. The van der Waals surface area contributed by atoms with Crippen LogP contribution in [0.2, 0.25) is 0 Å². The lowest BCUT2D eigenvalue weighted by Gasteiger charge is -2.49. The first-order valence-corrected chi connectivity index (χ1v) is 11.3. The number of likely N-dealkylation sites (tertiary alicyclic amines) is 1. The predicted octanol–water partition coefficient (Wildman–Crippen LogP) is 0.438. The second kappa shape index (κ2) is 8.72. The van der Waals surface area contributed by atoms with Gasteiger partial charge in [0.05, 0.1) is 5.57 Å². The van der Waals surface area contributed by atoms with Gasteiger partial charge in [0.15, 0.2) is 0 Å². The highest BCUT2D eigenvalue weighted by Gasteiger charge is 2.55. The number of benzene rings is 1. The molecule has 0 aromatic heterocycles. The number of amides is 3. The SMILES string of the molecule is NC(C(=O)NC1C(=O)N2C(C(=O)O)=C(C(=O)N3CCCCC3)CS[C@@H]12)c1ccccc1. The van der Waals surface area contributed by atoms with Gasteiger partial charge in [0.2, 0.25) is 5.91 Å². The lowest BCUT2D eigenvalue weighted by atomic mass is 10.0. The quantitative estimate of drug-likeness (QED) is 0.561. The van der Waals surface area contributed by atoms with Gasteiger partial charge >= 0.3 is 5.97 Å². The van der Waals surface area contributed by atoms with Crippen LogP contribution in [-0.4, -0.2) is 68.9 Å². The monoisotopic (exact) mass is 444 g/mol. The van der Waals surface area contributed by atoms with Crippen molar-refractivity contribution in [3.05, 3.63) is 47.2 Å². The molecule has 9 nitrogen and oxygen atoms in total. The zero-order chi connectivity index (χ0) is 22.1. The van der Waals surface area contributed by atoms with Gasteiger partial charge in [0.25, 0.3) is 11.8 Å². The number of β-lactam (4-membered cyclic amide) rings is 1. The van der Waals surface area contributed by atoms with Crippen molar-refractivity contribution in [1.29, 1.82) is 0 Å². The third-order valence-corrected chi connectivity index (χ3v) is 7.09. The van der Waals surface area contributed by atoms with Crippen LogP contribution in [0.3, 0.4) is 0 Å². The molecule has 10 heteroatoms. The molecule has 1 aromatic carbocycles. The lowest BCUT2D eigenvalue weighted by Crippen LogP contribution is -2.71. The molecule has 3 aliphatic rings. The minimum absolute atomic E-state index is 0.134. The zero-order valence-corrected chi connectivity index (χ0v) is 17.6. The number of carbonyl (C=O) groups is 4. The van der Waals surface area contributed by atoms with E-state index < -0.39 is 35.2 Å². The summed E-state index contributed by atoms with van der Waals surface area (Å²) in [5.41, 5.74) is 6.47. The maximum Gasteiger partial charge on any atom is 0.353 e. The van der Waals surface area contributed by atoms with Crippen LogP contribution >= 0.6 is 11.8 Å². The molecule has 0 radical (unpaired) electrons. The van der Waals surface area contributed by atoms with E-state index in [0.717, 1.165) is 24.2 Å². The highest BCUT2D eigenvalue weighted by Crippen LogP contribution is 2.41. The summed E-state index contributed by atoms with van der Waals surface area (Å²) in [5.74, 6) is -2.53. The van der Waals surface area contributed by atoms with Gasteiger partial charge in [-0.3, -0.25) is 19.3 Å². The molecule has 0 saturated carbocycles. The summed E-state index contributed by atoms with van der Waals surface area (Å²) in [7, 11) is 0. The van der Waals surface area contributed by atoms with Gasteiger partial charge in [-0.05, 0) is 24.8 Å². The first-order valence-electron chi connectivity index (χ1n) is 10.2. The first-order chi connectivity index (χ1) is 14.9. The van der Waals surface area contributed by atoms with Crippen molar-refractivity contribution in [3.8, 4) is 0 Å². The van der Waals surface area contributed by atoms with Crippen molar-refractivity contribution in [3.63, 3.8) is 0 Å². The van der Waals surface area contributed by atoms with Crippen molar-refractivity contribution >= 4 is 35.5 Å². The molecule has 4 N–H and O–H groups in total. The number of nitrogens with two attached hydrogens (primary N) is 1. The Balaban J connectivity index is 1.50. The molecule has 2 fully saturated rings. The second-order valence-corrected chi connectivity index (χ2v) is 8.87. The summed E-state index contributed by atoms with van der Waals surface area (Å²) < 4.78 is 0. The number of carbonyl (C=O) groups excluding carboxylic acids is 3. The minimum Gasteiger partial charge on any atom is -0.477 e. The highest BCUT2D eigenvalue weighted by atomic mass is 32.2. The molecule has 4 rings (SSSR count). The number of fused-ring (bicyclic) bond motifs is 1. The molecule has 0 spiro atoms. The average molecular weight is 445 g/mol.